The molecule has 0 bridgehead atoms. The Morgan fingerprint density at radius 2 is 1.50 bits per heavy atom. The molecule has 0 aliphatic carbocycles. The maximum Gasteiger partial charge on any atom is 0.410 e. The van der Waals surface area contributed by atoms with Gasteiger partial charge < -0.3 is 19.1 Å². The first kappa shape index (κ1) is 22.1. The van der Waals surface area contributed by atoms with E-state index in [-0.39, 0.29) is 18.3 Å². The molecule has 0 unspecified atom stereocenters. The first-order valence-electron chi connectivity index (χ1n) is 10.3. The van der Waals surface area contributed by atoms with E-state index in [4.69, 9.17) is 14.2 Å². The minimum absolute atomic E-state index is 0.299. The van der Waals surface area contributed by atoms with Crippen LogP contribution in [0, 0.1) is 0 Å². The van der Waals surface area contributed by atoms with Crippen LogP contribution in [0.3, 0.4) is 0 Å². The van der Waals surface area contributed by atoms with E-state index in [9.17, 15) is 4.79 Å². The highest BCUT2D eigenvalue weighted by Gasteiger charge is 2.37. The Balaban J connectivity index is 1.70. The maximum absolute atomic E-state index is 12.6. The summed E-state index contributed by atoms with van der Waals surface area (Å²) in [5.41, 5.74) is 2.40. The SMILES string of the molecule is C=C1CN(C(=O)OC(C)(C)C)C[C@H](OCc2ccccc2)[C@@H]1OCc1ccccc1. The number of benzene rings is 2. The summed E-state index contributed by atoms with van der Waals surface area (Å²) in [7, 11) is 0. The average Bonchev–Trinajstić information content (AvgIpc) is 2.71. The van der Waals surface area contributed by atoms with Gasteiger partial charge in [-0.25, -0.2) is 4.79 Å². The molecule has 0 N–H and O–H groups in total. The molecule has 160 valence electrons. The molecule has 2 atom stereocenters. The summed E-state index contributed by atoms with van der Waals surface area (Å²) in [6, 6.07) is 20.0. The highest BCUT2D eigenvalue weighted by molar-refractivity contribution is 5.69. The standard InChI is InChI=1S/C25H31NO4/c1-19-15-26(24(27)30-25(2,3)4)16-22(28-17-20-11-7-5-8-12-20)23(19)29-18-21-13-9-6-10-14-21/h5-14,22-23H,1,15-18H2,2-4H3/t22-,23+/m0/s1. The van der Waals surface area contributed by atoms with Crippen molar-refractivity contribution in [3.8, 4) is 0 Å². The molecule has 5 heteroatoms. The van der Waals surface area contributed by atoms with Crippen LogP contribution in [-0.2, 0) is 27.4 Å². The molecule has 0 aromatic heterocycles. The van der Waals surface area contributed by atoms with Gasteiger partial charge in [0.1, 0.15) is 17.8 Å². The van der Waals surface area contributed by atoms with Gasteiger partial charge in [-0.3, -0.25) is 0 Å². The van der Waals surface area contributed by atoms with Crippen molar-refractivity contribution >= 4 is 6.09 Å². The van der Waals surface area contributed by atoms with Gasteiger partial charge in [0.15, 0.2) is 0 Å². The third-order valence-electron chi connectivity index (χ3n) is 4.77. The van der Waals surface area contributed by atoms with Crippen LogP contribution >= 0.6 is 0 Å². The topological polar surface area (TPSA) is 48.0 Å². The number of piperidine rings is 1. The molecule has 1 aliphatic heterocycles. The van der Waals surface area contributed by atoms with Crippen LogP contribution in [0.4, 0.5) is 4.79 Å². The van der Waals surface area contributed by atoms with Gasteiger partial charge in [0.25, 0.3) is 0 Å². The Hall–Kier alpha value is -2.63. The molecule has 1 fully saturated rings. The van der Waals surface area contributed by atoms with Crippen LogP contribution in [0.2, 0.25) is 0 Å². The van der Waals surface area contributed by atoms with Crippen LogP contribution in [0.5, 0.6) is 0 Å². The lowest BCUT2D eigenvalue weighted by atomic mass is 9.99. The van der Waals surface area contributed by atoms with Crippen molar-refractivity contribution in [1.29, 1.82) is 0 Å². The van der Waals surface area contributed by atoms with Crippen molar-refractivity contribution in [3.05, 3.63) is 83.9 Å². The number of nitrogens with zero attached hydrogens (tertiary/aromatic N) is 1. The van der Waals surface area contributed by atoms with Crippen molar-refractivity contribution in [2.75, 3.05) is 13.1 Å². The highest BCUT2D eigenvalue weighted by atomic mass is 16.6. The fourth-order valence-electron chi connectivity index (χ4n) is 3.34. The minimum Gasteiger partial charge on any atom is -0.444 e. The summed E-state index contributed by atoms with van der Waals surface area (Å²) in [6.45, 7) is 11.4. The van der Waals surface area contributed by atoms with Crippen molar-refractivity contribution in [2.45, 2.75) is 51.8 Å². The van der Waals surface area contributed by atoms with Crippen LogP contribution in [-0.4, -0.2) is 41.9 Å². The van der Waals surface area contributed by atoms with Gasteiger partial charge in [-0.05, 0) is 37.5 Å². The van der Waals surface area contributed by atoms with E-state index in [2.05, 4.69) is 6.58 Å². The third-order valence-corrected chi connectivity index (χ3v) is 4.77. The van der Waals surface area contributed by atoms with Crippen LogP contribution in [0.1, 0.15) is 31.9 Å². The largest absolute Gasteiger partial charge is 0.444 e. The summed E-state index contributed by atoms with van der Waals surface area (Å²) >= 11 is 0. The molecular formula is C25H31NO4. The Kier molecular flexibility index (Phi) is 7.29. The maximum atomic E-state index is 12.6. The van der Waals surface area contributed by atoms with E-state index in [1.807, 2.05) is 81.4 Å². The van der Waals surface area contributed by atoms with Crippen LogP contribution in [0.25, 0.3) is 0 Å². The molecule has 30 heavy (non-hydrogen) atoms. The Morgan fingerprint density at radius 1 is 0.967 bits per heavy atom. The number of carbonyl (C=O) groups is 1. The lowest BCUT2D eigenvalue weighted by molar-refractivity contribution is -0.0956. The molecule has 0 saturated carbocycles. The number of amides is 1. The van der Waals surface area contributed by atoms with Crippen molar-refractivity contribution in [2.24, 2.45) is 0 Å². The van der Waals surface area contributed by atoms with Gasteiger partial charge >= 0.3 is 6.09 Å². The highest BCUT2D eigenvalue weighted by Crippen LogP contribution is 2.25. The van der Waals surface area contributed by atoms with Gasteiger partial charge in [-0.15, -0.1) is 0 Å². The molecule has 2 aromatic carbocycles. The number of likely N-dealkylation sites (tertiary alicyclic amines) is 1. The summed E-state index contributed by atoms with van der Waals surface area (Å²) in [6.07, 6.45) is -0.992. The zero-order chi connectivity index (χ0) is 21.6. The third kappa shape index (κ3) is 6.44. The molecule has 0 radical (unpaired) electrons. The number of hydrogen-bond donors (Lipinski definition) is 0. The summed E-state index contributed by atoms with van der Waals surface area (Å²) in [5.74, 6) is 0. The van der Waals surface area contributed by atoms with Gasteiger partial charge in [0, 0.05) is 6.54 Å². The molecule has 5 nitrogen and oxygen atoms in total. The van der Waals surface area contributed by atoms with E-state index in [1.54, 1.807) is 4.90 Å². The Morgan fingerprint density at radius 3 is 2.03 bits per heavy atom. The van der Waals surface area contributed by atoms with Gasteiger partial charge in [0.05, 0.1) is 19.8 Å². The van der Waals surface area contributed by atoms with Gasteiger partial charge in [-0.2, -0.15) is 0 Å². The minimum atomic E-state index is -0.556. The first-order valence-corrected chi connectivity index (χ1v) is 10.3. The van der Waals surface area contributed by atoms with Crippen molar-refractivity contribution in [3.63, 3.8) is 0 Å². The fraction of sp³-hybridized carbons (Fsp3) is 0.400. The van der Waals surface area contributed by atoms with Crippen molar-refractivity contribution < 1.29 is 19.0 Å². The first-order chi connectivity index (χ1) is 14.3. The van der Waals surface area contributed by atoms with E-state index < -0.39 is 5.60 Å². The fourth-order valence-corrected chi connectivity index (χ4v) is 3.34. The predicted molar refractivity (Wildman–Crippen MR) is 117 cm³/mol. The second kappa shape index (κ2) is 9.92. The van der Waals surface area contributed by atoms with E-state index in [0.717, 1.165) is 16.7 Å². The zero-order valence-electron chi connectivity index (χ0n) is 18.0. The molecular weight excluding hydrogens is 378 g/mol. The molecule has 3 rings (SSSR count). The smallest absolute Gasteiger partial charge is 0.410 e. The summed E-state index contributed by atoms with van der Waals surface area (Å²) < 4.78 is 18.0. The predicted octanol–water partition coefficient (Wildman–Crippen LogP) is 4.96. The number of carbonyl (C=O) groups excluding carboxylic acids is 1. The average molecular weight is 410 g/mol. The Bertz CT molecular complexity index is 829. The zero-order valence-corrected chi connectivity index (χ0v) is 18.0. The van der Waals surface area contributed by atoms with E-state index in [0.29, 0.717) is 26.3 Å². The lowest BCUT2D eigenvalue weighted by Crippen LogP contribution is -2.53. The molecule has 1 heterocycles. The normalized spacial score (nSPS) is 19.6. The summed E-state index contributed by atoms with van der Waals surface area (Å²) in [4.78, 5) is 14.3. The van der Waals surface area contributed by atoms with Gasteiger partial charge in [0.2, 0.25) is 0 Å². The molecule has 2 aromatic rings. The lowest BCUT2D eigenvalue weighted by Gasteiger charge is -2.40. The molecule has 1 saturated heterocycles. The van der Waals surface area contributed by atoms with Crippen molar-refractivity contribution in [1.82, 2.24) is 4.90 Å². The number of rotatable bonds is 6. The monoisotopic (exact) mass is 409 g/mol. The van der Waals surface area contributed by atoms with E-state index >= 15 is 0 Å². The number of ether oxygens (including phenoxy) is 3. The molecule has 0 spiro atoms. The quantitative estimate of drug-likeness (QED) is 0.633. The van der Waals surface area contributed by atoms with Crippen LogP contribution < -0.4 is 0 Å². The van der Waals surface area contributed by atoms with Crippen LogP contribution in [0.15, 0.2) is 72.8 Å². The molecule has 1 aliphatic rings. The van der Waals surface area contributed by atoms with E-state index in [1.165, 1.54) is 0 Å². The number of hydrogen-bond acceptors (Lipinski definition) is 4. The van der Waals surface area contributed by atoms with Gasteiger partial charge in [-0.1, -0.05) is 67.2 Å². The second-order valence-electron chi connectivity index (χ2n) is 8.57. The summed E-state index contributed by atoms with van der Waals surface area (Å²) in [5, 5.41) is 0. The molecule has 1 amide bonds. The second-order valence-corrected chi connectivity index (χ2v) is 8.57. The Labute approximate surface area is 179 Å².